The van der Waals surface area contributed by atoms with Gasteiger partial charge in [0.2, 0.25) is 21.8 Å². The molecule has 0 radical (unpaired) electrons. The first-order chi connectivity index (χ1) is 20.1. The van der Waals surface area contributed by atoms with Gasteiger partial charge in [-0.15, -0.1) is 0 Å². The number of rotatable bonds is 13. The summed E-state index contributed by atoms with van der Waals surface area (Å²) in [6, 6.07) is 21.3. The molecule has 1 aliphatic rings. The first-order valence-corrected chi connectivity index (χ1v) is 16.4. The topological polar surface area (TPSA) is 86.8 Å². The standard InChI is InChI=1S/C32H37ClFN3O4S/c1-42(40,41)37(28-17-9-14-26(33)22-28)20-10-19-31(38)36(23-25-13-5-8-18-29(25)34)30(21-24-11-3-2-4-12-24)32(39)35-27-15-6-7-16-27/h2-5,8-9,11-14,17-18,22,27,30H,6-7,10,15-16,19-21,23H2,1H3,(H,35,39)/t30-/m1/s1. The Morgan fingerprint density at radius 2 is 1.69 bits per heavy atom. The van der Waals surface area contributed by atoms with Crippen molar-refractivity contribution in [2.45, 2.75) is 63.6 Å². The molecular formula is C32H37ClFN3O4S. The molecule has 1 fully saturated rings. The maximum absolute atomic E-state index is 14.8. The van der Waals surface area contributed by atoms with Gasteiger partial charge in [0.1, 0.15) is 11.9 Å². The molecule has 10 heteroatoms. The summed E-state index contributed by atoms with van der Waals surface area (Å²) in [4.78, 5) is 29.1. The van der Waals surface area contributed by atoms with E-state index in [0.717, 1.165) is 37.5 Å². The number of hydrogen-bond acceptors (Lipinski definition) is 4. The Balaban J connectivity index is 1.59. The Morgan fingerprint density at radius 3 is 2.36 bits per heavy atom. The van der Waals surface area contributed by atoms with Crippen molar-refractivity contribution >= 4 is 39.1 Å². The van der Waals surface area contributed by atoms with Gasteiger partial charge >= 0.3 is 0 Å². The molecule has 0 bridgehead atoms. The van der Waals surface area contributed by atoms with Crippen LogP contribution in [0.15, 0.2) is 78.9 Å². The summed E-state index contributed by atoms with van der Waals surface area (Å²) in [5.74, 6) is -1.10. The van der Waals surface area contributed by atoms with Crippen molar-refractivity contribution in [1.29, 1.82) is 0 Å². The van der Waals surface area contributed by atoms with Crippen molar-refractivity contribution in [2.24, 2.45) is 0 Å². The summed E-state index contributed by atoms with van der Waals surface area (Å²) < 4.78 is 41.2. The number of sulfonamides is 1. The molecule has 1 atom stereocenters. The fourth-order valence-electron chi connectivity index (χ4n) is 5.37. The molecule has 42 heavy (non-hydrogen) atoms. The number of amides is 2. The number of hydrogen-bond donors (Lipinski definition) is 1. The van der Waals surface area contributed by atoms with Gasteiger partial charge in [-0.2, -0.15) is 0 Å². The number of anilines is 1. The average molecular weight is 614 g/mol. The number of nitrogens with one attached hydrogen (secondary N) is 1. The third-order valence-electron chi connectivity index (χ3n) is 7.52. The molecule has 1 saturated carbocycles. The molecule has 0 unspecified atom stereocenters. The van der Waals surface area contributed by atoms with E-state index in [9.17, 15) is 22.4 Å². The Kier molecular flexibility index (Phi) is 11.0. The van der Waals surface area contributed by atoms with Gasteiger partial charge in [-0.3, -0.25) is 13.9 Å². The van der Waals surface area contributed by atoms with Crippen molar-refractivity contribution < 1.29 is 22.4 Å². The van der Waals surface area contributed by atoms with E-state index in [4.69, 9.17) is 11.6 Å². The van der Waals surface area contributed by atoms with Gasteiger partial charge in [-0.1, -0.05) is 79.0 Å². The van der Waals surface area contributed by atoms with Gasteiger partial charge in [-0.05, 0) is 49.1 Å². The van der Waals surface area contributed by atoms with Crippen LogP contribution in [-0.2, 0) is 32.6 Å². The molecule has 1 N–H and O–H groups in total. The molecule has 0 aromatic heterocycles. The van der Waals surface area contributed by atoms with E-state index in [-0.39, 0.29) is 50.2 Å². The van der Waals surface area contributed by atoms with Crippen LogP contribution in [0.25, 0.3) is 0 Å². The van der Waals surface area contributed by atoms with E-state index in [1.165, 1.54) is 15.3 Å². The van der Waals surface area contributed by atoms with Crippen molar-refractivity contribution in [2.75, 3.05) is 17.1 Å². The van der Waals surface area contributed by atoms with Crippen LogP contribution in [0.3, 0.4) is 0 Å². The van der Waals surface area contributed by atoms with Gasteiger partial charge in [0.05, 0.1) is 11.9 Å². The lowest BCUT2D eigenvalue weighted by Gasteiger charge is -2.33. The zero-order valence-electron chi connectivity index (χ0n) is 23.7. The van der Waals surface area contributed by atoms with Crippen LogP contribution in [0.4, 0.5) is 10.1 Å². The predicted octanol–water partition coefficient (Wildman–Crippen LogP) is 5.72. The lowest BCUT2D eigenvalue weighted by atomic mass is 10.0. The Hall–Kier alpha value is -3.43. The maximum atomic E-state index is 14.8. The minimum atomic E-state index is -3.65. The largest absolute Gasteiger partial charge is 0.352 e. The number of carbonyl (C=O) groups excluding carboxylic acids is 2. The Labute approximate surface area is 252 Å². The highest BCUT2D eigenvalue weighted by Crippen LogP contribution is 2.24. The monoisotopic (exact) mass is 613 g/mol. The summed E-state index contributed by atoms with van der Waals surface area (Å²) in [5, 5.41) is 3.52. The van der Waals surface area contributed by atoms with Gasteiger partial charge in [-0.25, -0.2) is 12.8 Å². The SMILES string of the molecule is CS(=O)(=O)N(CCCC(=O)N(Cc1ccccc1F)[C@H](Cc1ccccc1)C(=O)NC1CCCC1)c1cccc(Cl)c1. The van der Waals surface area contributed by atoms with Gasteiger partial charge in [0.25, 0.3) is 0 Å². The lowest BCUT2D eigenvalue weighted by Crippen LogP contribution is -2.52. The molecule has 2 amide bonds. The van der Waals surface area contributed by atoms with E-state index < -0.39 is 21.9 Å². The number of benzene rings is 3. The molecular weight excluding hydrogens is 577 g/mol. The second-order valence-corrected chi connectivity index (χ2v) is 13.1. The van der Waals surface area contributed by atoms with Crippen molar-refractivity contribution in [3.63, 3.8) is 0 Å². The molecule has 0 aliphatic heterocycles. The van der Waals surface area contributed by atoms with Crippen molar-refractivity contribution in [1.82, 2.24) is 10.2 Å². The molecule has 4 rings (SSSR count). The van der Waals surface area contributed by atoms with Gasteiger partial charge in [0.15, 0.2) is 0 Å². The van der Waals surface area contributed by atoms with Gasteiger partial charge < -0.3 is 10.2 Å². The second kappa shape index (κ2) is 14.6. The minimum absolute atomic E-state index is 0.0378. The number of carbonyl (C=O) groups is 2. The smallest absolute Gasteiger partial charge is 0.243 e. The van der Waals surface area contributed by atoms with Crippen molar-refractivity contribution in [3.8, 4) is 0 Å². The summed E-state index contributed by atoms with van der Waals surface area (Å²) in [5.41, 5.74) is 1.58. The number of halogens is 2. The molecule has 224 valence electrons. The summed E-state index contributed by atoms with van der Waals surface area (Å²) in [6.07, 6.45) is 5.36. The zero-order chi connectivity index (χ0) is 30.1. The first kappa shape index (κ1) is 31.5. The average Bonchev–Trinajstić information content (AvgIpc) is 3.46. The molecule has 3 aromatic carbocycles. The second-order valence-electron chi connectivity index (χ2n) is 10.7. The molecule has 1 aliphatic carbocycles. The van der Waals surface area contributed by atoms with Gasteiger partial charge in [0, 0.05) is 42.6 Å². The van der Waals surface area contributed by atoms with E-state index >= 15 is 0 Å². The Bertz CT molecular complexity index is 1470. The highest BCUT2D eigenvalue weighted by atomic mass is 35.5. The van der Waals surface area contributed by atoms with Crippen LogP contribution in [0, 0.1) is 5.82 Å². The van der Waals surface area contributed by atoms with Crippen LogP contribution in [0.1, 0.15) is 49.7 Å². The maximum Gasteiger partial charge on any atom is 0.243 e. The van der Waals surface area contributed by atoms with Crippen LogP contribution in [0.2, 0.25) is 5.02 Å². The van der Waals surface area contributed by atoms with Crippen LogP contribution < -0.4 is 9.62 Å². The third kappa shape index (κ3) is 8.79. The third-order valence-corrected chi connectivity index (χ3v) is 8.95. The normalized spacial score (nSPS) is 14.4. The highest BCUT2D eigenvalue weighted by molar-refractivity contribution is 7.92. The molecule has 0 spiro atoms. The summed E-state index contributed by atoms with van der Waals surface area (Å²) in [6.45, 7) is -0.0543. The molecule has 0 heterocycles. The van der Waals surface area contributed by atoms with Crippen molar-refractivity contribution in [3.05, 3.63) is 101 Å². The fraction of sp³-hybridized carbons (Fsp3) is 0.375. The fourth-order valence-corrected chi connectivity index (χ4v) is 6.51. The quantitative estimate of drug-likeness (QED) is 0.267. The number of nitrogens with zero attached hydrogens (tertiary/aromatic N) is 2. The zero-order valence-corrected chi connectivity index (χ0v) is 25.3. The Morgan fingerprint density at radius 1 is 1.00 bits per heavy atom. The predicted molar refractivity (Wildman–Crippen MR) is 164 cm³/mol. The lowest BCUT2D eigenvalue weighted by molar-refractivity contribution is -0.141. The molecule has 3 aromatic rings. The molecule has 7 nitrogen and oxygen atoms in total. The van der Waals surface area contributed by atoms with E-state index in [2.05, 4.69) is 5.32 Å². The summed E-state index contributed by atoms with van der Waals surface area (Å²) in [7, 11) is -3.65. The van der Waals surface area contributed by atoms with E-state index in [1.807, 2.05) is 30.3 Å². The van der Waals surface area contributed by atoms with E-state index in [1.54, 1.807) is 42.5 Å². The van der Waals surface area contributed by atoms with Crippen LogP contribution in [0.5, 0.6) is 0 Å². The first-order valence-electron chi connectivity index (χ1n) is 14.2. The highest BCUT2D eigenvalue weighted by Gasteiger charge is 2.32. The minimum Gasteiger partial charge on any atom is -0.352 e. The molecule has 0 saturated heterocycles. The van der Waals surface area contributed by atoms with Crippen LogP contribution in [-0.4, -0.2) is 50.0 Å². The van der Waals surface area contributed by atoms with E-state index in [0.29, 0.717) is 16.3 Å². The summed E-state index contributed by atoms with van der Waals surface area (Å²) >= 11 is 6.10. The van der Waals surface area contributed by atoms with Crippen LogP contribution >= 0.6 is 11.6 Å².